The van der Waals surface area contributed by atoms with Gasteiger partial charge in [0.05, 0.1) is 0 Å². The lowest BCUT2D eigenvalue weighted by atomic mass is 9.69. The highest BCUT2D eigenvalue weighted by Crippen LogP contribution is 2.40. The smallest absolute Gasteiger partial charge is 0.0126 e. The van der Waals surface area contributed by atoms with Crippen molar-refractivity contribution in [3.8, 4) is 0 Å². The minimum Gasteiger partial charge on any atom is -0.301 e. The SMILES string of the molecule is CC(C)(C)C1CCCC(CN2CCN(C(C)(C)C)CC2)C1. The van der Waals surface area contributed by atoms with Gasteiger partial charge in [-0.25, -0.2) is 0 Å². The summed E-state index contributed by atoms with van der Waals surface area (Å²) in [5, 5.41) is 0. The van der Waals surface area contributed by atoms with Crippen LogP contribution in [0, 0.1) is 17.3 Å². The molecule has 1 saturated heterocycles. The molecule has 2 atom stereocenters. The topological polar surface area (TPSA) is 6.48 Å². The molecule has 21 heavy (non-hydrogen) atoms. The van der Waals surface area contributed by atoms with Gasteiger partial charge in [-0.15, -0.1) is 0 Å². The van der Waals surface area contributed by atoms with Crippen molar-refractivity contribution in [3.05, 3.63) is 0 Å². The molecule has 2 aliphatic rings. The van der Waals surface area contributed by atoms with Gasteiger partial charge in [0.2, 0.25) is 0 Å². The van der Waals surface area contributed by atoms with E-state index in [4.69, 9.17) is 0 Å². The van der Waals surface area contributed by atoms with Gasteiger partial charge in [0, 0.05) is 38.3 Å². The van der Waals surface area contributed by atoms with Crippen LogP contribution in [-0.2, 0) is 0 Å². The highest BCUT2D eigenvalue weighted by atomic mass is 15.3. The molecule has 1 aliphatic heterocycles. The molecule has 0 N–H and O–H groups in total. The Balaban J connectivity index is 1.78. The molecule has 0 amide bonds. The zero-order valence-corrected chi connectivity index (χ0v) is 15.4. The molecule has 0 aromatic rings. The molecule has 2 fully saturated rings. The first kappa shape index (κ1) is 17.3. The second-order valence-electron chi connectivity index (χ2n) is 9.55. The van der Waals surface area contributed by atoms with E-state index in [1.165, 1.54) is 58.4 Å². The standard InChI is InChI=1S/C19H38N2/c1-18(2,3)17-9-7-8-16(14-17)15-20-10-12-21(13-11-20)19(4,5)6/h16-17H,7-15H2,1-6H3. The average Bonchev–Trinajstić information content (AvgIpc) is 2.37. The highest BCUT2D eigenvalue weighted by molar-refractivity contribution is 4.85. The molecular formula is C19H38N2. The third-order valence-corrected chi connectivity index (χ3v) is 5.84. The van der Waals surface area contributed by atoms with Crippen molar-refractivity contribution < 1.29 is 0 Å². The Hall–Kier alpha value is -0.0800. The van der Waals surface area contributed by atoms with E-state index in [2.05, 4.69) is 51.3 Å². The summed E-state index contributed by atoms with van der Waals surface area (Å²) < 4.78 is 0. The Labute approximate surface area is 133 Å². The van der Waals surface area contributed by atoms with Crippen molar-refractivity contribution in [2.24, 2.45) is 17.3 Å². The zero-order chi connectivity index (χ0) is 15.7. The van der Waals surface area contributed by atoms with E-state index in [9.17, 15) is 0 Å². The maximum absolute atomic E-state index is 2.73. The van der Waals surface area contributed by atoms with Crippen molar-refractivity contribution in [2.75, 3.05) is 32.7 Å². The van der Waals surface area contributed by atoms with E-state index >= 15 is 0 Å². The Morgan fingerprint density at radius 2 is 1.48 bits per heavy atom. The summed E-state index contributed by atoms with van der Waals surface area (Å²) in [4.78, 5) is 5.38. The first-order chi connectivity index (χ1) is 9.66. The van der Waals surface area contributed by atoms with Gasteiger partial charge >= 0.3 is 0 Å². The Kier molecular flexibility index (Phi) is 5.41. The van der Waals surface area contributed by atoms with Crippen LogP contribution in [0.4, 0.5) is 0 Å². The Morgan fingerprint density at radius 1 is 0.857 bits per heavy atom. The van der Waals surface area contributed by atoms with Gasteiger partial charge in [-0.1, -0.05) is 27.2 Å². The van der Waals surface area contributed by atoms with Crippen molar-refractivity contribution in [3.63, 3.8) is 0 Å². The Morgan fingerprint density at radius 3 is 2.00 bits per heavy atom. The van der Waals surface area contributed by atoms with Crippen LogP contribution >= 0.6 is 0 Å². The third-order valence-electron chi connectivity index (χ3n) is 5.84. The zero-order valence-electron chi connectivity index (χ0n) is 15.4. The largest absolute Gasteiger partial charge is 0.301 e. The van der Waals surface area contributed by atoms with E-state index < -0.39 is 0 Å². The van der Waals surface area contributed by atoms with Crippen LogP contribution in [0.5, 0.6) is 0 Å². The number of hydrogen-bond donors (Lipinski definition) is 0. The van der Waals surface area contributed by atoms with Gasteiger partial charge in [0.15, 0.2) is 0 Å². The molecule has 1 heterocycles. The summed E-state index contributed by atoms with van der Waals surface area (Å²) in [6, 6.07) is 0. The molecule has 124 valence electrons. The average molecular weight is 295 g/mol. The predicted molar refractivity (Wildman–Crippen MR) is 92.7 cm³/mol. The summed E-state index contributed by atoms with van der Waals surface area (Å²) in [6.07, 6.45) is 5.83. The number of rotatable bonds is 2. The van der Waals surface area contributed by atoms with Crippen molar-refractivity contribution >= 4 is 0 Å². The fourth-order valence-corrected chi connectivity index (χ4v) is 4.21. The minimum absolute atomic E-state index is 0.342. The van der Waals surface area contributed by atoms with E-state index in [1.54, 1.807) is 0 Å². The van der Waals surface area contributed by atoms with Crippen LogP contribution in [0.2, 0.25) is 0 Å². The molecule has 2 nitrogen and oxygen atoms in total. The first-order valence-electron chi connectivity index (χ1n) is 9.13. The summed E-state index contributed by atoms with van der Waals surface area (Å²) in [7, 11) is 0. The van der Waals surface area contributed by atoms with Crippen LogP contribution in [0.1, 0.15) is 67.2 Å². The molecule has 1 saturated carbocycles. The van der Waals surface area contributed by atoms with E-state index in [0.717, 1.165) is 11.8 Å². The number of piperazine rings is 1. The van der Waals surface area contributed by atoms with Crippen LogP contribution in [-0.4, -0.2) is 48.1 Å². The van der Waals surface area contributed by atoms with Crippen molar-refractivity contribution in [1.82, 2.24) is 9.80 Å². The molecule has 2 rings (SSSR count). The fraction of sp³-hybridized carbons (Fsp3) is 1.00. The van der Waals surface area contributed by atoms with Gasteiger partial charge in [0.1, 0.15) is 0 Å². The van der Waals surface area contributed by atoms with Crippen LogP contribution in [0.15, 0.2) is 0 Å². The van der Waals surface area contributed by atoms with Gasteiger partial charge in [0.25, 0.3) is 0 Å². The normalized spacial score (nSPS) is 30.6. The van der Waals surface area contributed by atoms with Crippen LogP contribution < -0.4 is 0 Å². The minimum atomic E-state index is 0.342. The predicted octanol–water partition coefficient (Wildman–Crippen LogP) is 4.26. The molecule has 0 spiro atoms. The van der Waals surface area contributed by atoms with Crippen molar-refractivity contribution in [2.45, 2.75) is 72.8 Å². The summed E-state index contributed by atoms with van der Waals surface area (Å²) in [6.45, 7) is 20.7. The lowest BCUT2D eigenvalue weighted by Crippen LogP contribution is -2.54. The summed E-state index contributed by atoms with van der Waals surface area (Å²) in [5.74, 6) is 1.89. The molecular weight excluding hydrogens is 256 g/mol. The molecule has 0 aromatic carbocycles. The molecule has 0 aromatic heterocycles. The highest BCUT2D eigenvalue weighted by Gasteiger charge is 2.32. The second-order valence-corrected chi connectivity index (χ2v) is 9.55. The van der Waals surface area contributed by atoms with Gasteiger partial charge in [-0.2, -0.15) is 0 Å². The molecule has 1 aliphatic carbocycles. The second kappa shape index (κ2) is 6.58. The first-order valence-corrected chi connectivity index (χ1v) is 9.13. The fourth-order valence-electron chi connectivity index (χ4n) is 4.21. The van der Waals surface area contributed by atoms with E-state index in [1.807, 2.05) is 0 Å². The maximum Gasteiger partial charge on any atom is 0.0126 e. The maximum atomic E-state index is 2.73. The van der Waals surface area contributed by atoms with Gasteiger partial charge < -0.3 is 4.90 Å². The summed E-state index contributed by atoms with van der Waals surface area (Å²) in [5.41, 5.74) is 0.845. The van der Waals surface area contributed by atoms with Crippen LogP contribution in [0.25, 0.3) is 0 Å². The summed E-state index contributed by atoms with van der Waals surface area (Å²) >= 11 is 0. The molecule has 2 unspecified atom stereocenters. The van der Waals surface area contributed by atoms with E-state index in [0.29, 0.717) is 11.0 Å². The number of nitrogens with zero attached hydrogens (tertiary/aromatic N) is 2. The van der Waals surface area contributed by atoms with Gasteiger partial charge in [-0.05, 0) is 57.3 Å². The molecule has 0 bridgehead atoms. The van der Waals surface area contributed by atoms with Crippen molar-refractivity contribution in [1.29, 1.82) is 0 Å². The quantitative estimate of drug-likeness (QED) is 0.751. The molecule has 0 radical (unpaired) electrons. The van der Waals surface area contributed by atoms with Crippen LogP contribution in [0.3, 0.4) is 0 Å². The van der Waals surface area contributed by atoms with Gasteiger partial charge in [-0.3, -0.25) is 4.90 Å². The number of hydrogen-bond acceptors (Lipinski definition) is 2. The lowest BCUT2D eigenvalue weighted by molar-refractivity contribution is 0.0436. The molecule has 2 heteroatoms. The monoisotopic (exact) mass is 294 g/mol. The third kappa shape index (κ3) is 4.96. The van der Waals surface area contributed by atoms with E-state index in [-0.39, 0.29) is 0 Å². The Bertz CT molecular complexity index is 315. The lowest BCUT2D eigenvalue weighted by Gasteiger charge is -2.44.